The lowest BCUT2D eigenvalue weighted by molar-refractivity contribution is 0.213. The summed E-state index contributed by atoms with van der Waals surface area (Å²) >= 11 is 0. The first-order valence-electron chi connectivity index (χ1n) is 3.55. The van der Waals surface area contributed by atoms with E-state index in [0.29, 0.717) is 6.07 Å². The zero-order valence-corrected chi connectivity index (χ0v) is 6.87. The molecule has 0 aliphatic heterocycles. The molecule has 0 N–H and O–H groups in total. The highest BCUT2D eigenvalue weighted by molar-refractivity contribution is 5.23. The summed E-state index contributed by atoms with van der Waals surface area (Å²) in [5, 5.41) is 0. The minimum atomic E-state index is -1.77. The number of halogens is 3. The van der Waals surface area contributed by atoms with Gasteiger partial charge in [0, 0.05) is 11.6 Å². The van der Waals surface area contributed by atoms with E-state index in [9.17, 15) is 13.2 Å². The maximum Gasteiger partial charge on any atom is 0.133 e. The third-order valence-corrected chi connectivity index (χ3v) is 1.57. The number of benzene rings is 1. The van der Waals surface area contributed by atoms with Gasteiger partial charge in [-0.25, -0.2) is 13.2 Å². The fraction of sp³-hybridized carbons (Fsp3) is 0.333. The van der Waals surface area contributed by atoms with Crippen LogP contribution in [0.3, 0.4) is 0 Å². The highest BCUT2D eigenvalue weighted by Gasteiger charge is 2.22. The molecule has 0 nitrogen and oxygen atoms in total. The molecule has 1 aromatic carbocycles. The van der Waals surface area contributed by atoms with E-state index in [4.69, 9.17) is 0 Å². The number of rotatable bonds is 1. The predicted octanol–water partition coefficient (Wildman–Crippen LogP) is 3.17. The molecule has 0 aliphatic carbocycles. The number of hydrogen-bond donors (Lipinski definition) is 0. The van der Waals surface area contributed by atoms with Gasteiger partial charge in [0.1, 0.15) is 17.3 Å². The van der Waals surface area contributed by atoms with E-state index < -0.39 is 17.3 Å². The third-order valence-electron chi connectivity index (χ3n) is 1.57. The van der Waals surface area contributed by atoms with E-state index in [1.807, 2.05) is 0 Å². The molecule has 0 aromatic heterocycles. The maximum absolute atomic E-state index is 13.2. The van der Waals surface area contributed by atoms with E-state index in [2.05, 4.69) is 0 Å². The monoisotopic (exact) mass is 174 g/mol. The molecular formula is C9H9F3. The molecular weight excluding hydrogens is 165 g/mol. The number of hydrogen-bond acceptors (Lipinski definition) is 0. The van der Waals surface area contributed by atoms with Crippen molar-refractivity contribution in [2.75, 3.05) is 0 Å². The molecule has 66 valence electrons. The Morgan fingerprint density at radius 1 is 1.17 bits per heavy atom. The van der Waals surface area contributed by atoms with E-state index in [0.717, 1.165) is 12.1 Å². The molecule has 12 heavy (non-hydrogen) atoms. The fourth-order valence-electron chi connectivity index (χ4n) is 0.972. The van der Waals surface area contributed by atoms with E-state index >= 15 is 0 Å². The van der Waals surface area contributed by atoms with Crippen molar-refractivity contribution in [3.05, 3.63) is 35.4 Å². The normalized spacial score (nSPS) is 11.8. The van der Waals surface area contributed by atoms with Crippen molar-refractivity contribution < 1.29 is 13.2 Å². The van der Waals surface area contributed by atoms with Crippen LogP contribution in [0.15, 0.2) is 18.2 Å². The summed E-state index contributed by atoms with van der Waals surface area (Å²) in [5.74, 6) is -1.54. The molecule has 0 fully saturated rings. The molecule has 0 heterocycles. The zero-order valence-electron chi connectivity index (χ0n) is 6.87. The van der Waals surface area contributed by atoms with Crippen LogP contribution in [0.4, 0.5) is 13.2 Å². The average Bonchev–Trinajstić information content (AvgIpc) is 1.83. The van der Waals surface area contributed by atoms with Crippen LogP contribution >= 0.6 is 0 Å². The number of alkyl halides is 1. The Hall–Kier alpha value is -0.990. The SMILES string of the molecule is CC(C)(F)c1ccc(F)cc1F. The lowest BCUT2D eigenvalue weighted by Crippen LogP contribution is -2.11. The highest BCUT2D eigenvalue weighted by Crippen LogP contribution is 2.26. The second-order valence-corrected chi connectivity index (χ2v) is 3.10. The van der Waals surface area contributed by atoms with E-state index in [-0.39, 0.29) is 5.56 Å². The standard InChI is InChI=1S/C9H9F3/c1-9(2,12)7-4-3-6(10)5-8(7)11/h3-5H,1-2H3. The lowest BCUT2D eigenvalue weighted by Gasteiger charge is -2.14. The van der Waals surface area contributed by atoms with Crippen LogP contribution in [-0.4, -0.2) is 0 Å². The largest absolute Gasteiger partial charge is 0.239 e. The quantitative estimate of drug-likeness (QED) is 0.613. The summed E-state index contributed by atoms with van der Waals surface area (Å²) in [6.45, 7) is 2.45. The van der Waals surface area contributed by atoms with Crippen LogP contribution in [0.5, 0.6) is 0 Å². The van der Waals surface area contributed by atoms with Gasteiger partial charge < -0.3 is 0 Å². The fourth-order valence-corrected chi connectivity index (χ4v) is 0.972. The van der Waals surface area contributed by atoms with Gasteiger partial charge in [-0.15, -0.1) is 0 Å². The first-order chi connectivity index (χ1) is 5.41. The first kappa shape index (κ1) is 9.10. The molecule has 0 amide bonds. The van der Waals surface area contributed by atoms with Crippen molar-refractivity contribution in [2.45, 2.75) is 19.5 Å². The van der Waals surface area contributed by atoms with Crippen molar-refractivity contribution in [3.63, 3.8) is 0 Å². The van der Waals surface area contributed by atoms with Crippen LogP contribution in [-0.2, 0) is 5.67 Å². The molecule has 0 radical (unpaired) electrons. The molecule has 1 aromatic rings. The average molecular weight is 174 g/mol. The van der Waals surface area contributed by atoms with Crippen molar-refractivity contribution in [1.82, 2.24) is 0 Å². The summed E-state index contributed by atoms with van der Waals surface area (Å²) in [6, 6.07) is 2.83. The van der Waals surface area contributed by atoms with Gasteiger partial charge in [-0.2, -0.15) is 0 Å². The second kappa shape index (κ2) is 2.81. The Balaban J connectivity index is 3.19. The van der Waals surface area contributed by atoms with Gasteiger partial charge in [0.05, 0.1) is 0 Å². The summed E-state index contributed by atoms with van der Waals surface area (Å²) in [5.41, 5.74) is -1.89. The highest BCUT2D eigenvalue weighted by atomic mass is 19.2. The summed E-state index contributed by atoms with van der Waals surface area (Å²) in [7, 11) is 0. The van der Waals surface area contributed by atoms with Crippen LogP contribution in [0, 0.1) is 11.6 Å². The second-order valence-electron chi connectivity index (χ2n) is 3.10. The van der Waals surface area contributed by atoms with E-state index in [1.54, 1.807) is 0 Å². The molecule has 1 rings (SSSR count). The smallest absolute Gasteiger partial charge is 0.133 e. The minimum absolute atomic E-state index is 0.121. The summed E-state index contributed by atoms with van der Waals surface area (Å²) in [4.78, 5) is 0. The molecule has 0 atom stereocenters. The molecule has 0 unspecified atom stereocenters. The molecule has 3 heteroatoms. The lowest BCUT2D eigenvalue weighted by atomic mass is 10.00. The van der Waals surface area contributed by atoms with Gasteiger partial charge in [0.2, 0.25) is 0 Å². The Labute approximate surface area is 69.0 Å². The van der Waals surface area contributed by atoms with Gasteiger partial charge in [-0.3, -0.25) is 0 Å². The first-order valence-corrected chi connectivity index (χ1v) is 3.55. The van der Waals surface area contributed by atoms with E-state index in [1.165, 1.54) is 13.8 Å². The van der Waals surface area contributed by atoms with Crippen molar-refractivity contribution >= 4 is 0 Å². The Morgan fingerprint density at radius 2 is 1.75 bits per heavy atom. The third kappa shape index (κ3) is 1.78. The molecule has 0 saturated heterocycles. The summed E-state index contributed by atoms with van der Waals surface area (Å²) < 4.78 is 38.4. The minimum Gasteiger partial charge on any atom is -0.239 e. The Bertz CT molecular complexity index is 286. The van der Waals surface area contributed by atoms with Crippen molar-refractivity contribution in [2.24, 2.45) is 0 Å². The van der Waals surface area contributed by atoms with Gasteiger partial charge >= 0.3 is 0 Å². The van der Waals surface area contributed by atoms with Gasteiger partial charge in [0.25, 0.3) is 0 Å². The molecule has 0 spiro atoms. The topological polar surface area (TPSA) is 0 Å². The van der Waals surface area contributed by atoms with Crippen LogP contribution in [0.2, 0.25) is 0 Å². The Kier molecular flexibility index (Phi) is 2.13. The van der Waals surface area contributed by atoms with Gasteiger partial charge in [-0.1, -0.05) is 6.07 Å². The Morgan fingerprint density at radius 3 is 2.17 bits per heavy atom. The van der Waals surface area contributed by atoms with Crippen LogP contribution in [0.1, 0.15) is 19.4 Å². The van der Waals surface area contributed by atoms with Crippen LogP contribution in [0.25, 0.3) is 0 Å². The zero-order chi connectivity index (χ0) is 9.35. The predicted molar refractivity (Wildman–Crippen MR) is 40.5 cm³/mol. The van der Waals surface area contributed by atoms with Crippen molar-refractivity contribution in [1.29, 1.82) is 0 Å². The summed E-state index contributed by atoms with van der Waals surface area (Å²) in [6.07, 6.45) is 0. The molecule has 0 bridgehead atoms. The molecule has 0 saturated carbocycles. The molecule has 0 aliphatic rings. The van der Waals surface area contributed by atoms with Gasteiger partial charge in [0.15, 0.2) is 0 Å². The van der Waals surface area contributed by atoms with Gasteiger partial charge in [-0.05, 0) is 19.9 Å². The van der Waals surface area contributed by atoms with Crippen molar-refractivity contribution in [3.8, 4) is 0 Å². The van der Waals surface area contributed by atoms with Crippen LogP contribution < -0.4 is 0 Å². The maximum atomic E-state index is 13.2.